The number of halogens is 1. The molecule has 0 saturated carbocycles. The molecule has 6 aliphatic rings. The monoisotopic (exact) mass is 961 g/mol. The second-order valence-electron chi connectivity index (χ2n) is 16.6. The number of nitrogens with two attached hydrogens (primary N) is 1. The molecular formula is C49H60ClN13S3. The van der Waals surface area contributed by atoms with Crippen molar-refractivity contribution < 1.29 is 0 Å². The van der Waals surface area contributed by atoms with Gasteiger partial charge >= 0.3 is 0 Å². The topological polar surface area (TPSA) is 145 Å². The van der Waals surface area contributed by atoms with Crippen LogP contribution in [0.25, 0.3) is 0 Å². The summed E-state index contributed by atoms with van der Waals surface area (Å²) in [5.74, 6) is 2.80. The number of aliphatic imine (C=N–C) groups is 3. The minimum Gasteiger partial charge on any atom is -0.383 e. The molecule has 3 aromatic heterocycles. The molecule has 3 fully saturated rings. The lowest BCUT2D eigenvalue weighted by molar-refractivity contribution is 0.216. The van der Waals surface area contributed by atoms with Gasteiger partial charge in [0.05, 0.1) is 50.8 Å². The zero-order chi connectivity index (χ0) is 44.7. The number of amidine groups is 3. The molecule has 66 heavy (non-hydrogen) atoms. The molecule has 3 saturated heterocycles. The summed E-state index contributed by atoms with van der Waals surface area (Å²) < 4.78 is 0. The molecule has 0 bridgehead atoms. The van der Waals surface area contributed by atoms with Gasteiger partial charge in [-0.25, -0.2) is 15.0 Å². The summed E-state index contributed by atoms with van der Waals surface area (Å²) in [6, 6.07) is 31.1. The highest BCUT2D eigenvalue weighted by atomic mass is 35.5. The Hall–Kier alpha value is -5.30. The number of hydrogen-bond acceptors (Lipinski definition) is 16. The van der Waals surface area contributed by atoms with Crippen LogP contribution < -0.4 is 37.6 Å². The summed E-state index contributed by atoms with van der Waals surface area (Å²) in [6.45, 7) is 19.2. The number of piperazine rings is 3. The van der Waals surface area contributed by atoms with Gasteiger partial charge < -0.3 is 52.3 Å². The van der Waals surface area contributed by atoms with Crippen molar-refractivity contribution in [1.29, 1.82) is 0 Å². The molecule has 0 amide bonds. The molecule has 6 aromatic rings. The SMILES string of the molecule is C1CNCCN1.Cc1cc2c(s1)Nc1ccccc1N=C2N.Cc1cc2c(s1)Nc1ccccc1N=C2N1CCN(C)CC1.Cc1cc2c(s1)Nc1ccccc1N=C2N1CCNCC1.Cl. The molecule has 8 N–H and O–H groups in total. The molecule has 13 nitrogen and oxygen atoms in total. The zero-order valence-electron chi connectivity index (χ0n) is 38.0. The fraction of sp³-hybridized carbons (Fsp3) is 0.327. The first-order chi connectivity index (χ1) is 31.8. The van der Waals surface area contributed by atoms with E-state index in [1.165, 1.54) is 35.8 Å². The maximum atomic E-state index is 5.99. The van der Waals surface area contributed by atoms with Crippen LogP contribution in [-0.2, 0) is 0 Å². The lowest BCUT2D eigenvalue weighted by Crippen LogP contribution is -2.47. The van der Waals surface area contributed by atoms with E-state index in [-0.39, 0.29) is 12.4 Å². The Balaban J connectivity index is 0.000000127. The third-order valence-electron chi connectivity index (χ3n) is 11.7. The lowest BCUT2D eigenvalue weighted by Gasteiger charge is -2.34. The van der Waals surface area contributed by atoms with E-state index < -0.39 is 0 Å². The van der Waals surface area contributed by atoms with Crippen molar-refractivity contribution in [3.63, 3.8) is 0 Å². The number of nitrogens with zero attached hydrogens (tertiary/aromatic N) is 6. The van der Waals surface area contributed by atoms with Crippen LogP contribution in [0.3, 0.4) is 0 Å². The molecule has 3 aromatic carbocycles. The van der Waals surface area contributed by atoms with Gasteiger partial charge in [0.1, 0.15) is 32.5 Å². The van der Waals surface area contributed by atoms with Gasteiger partial charge in [-0.2, -0.15) is 0 Å². The van der Waals surface area contributed by atoms with Crippen LogP contribution in [0, 0.1) is 20.8 Å². The van der Waals surface area contributed by atoms with Gasteiger partial charge in [0.15, 0.2) is 0 Å². The first-order valence-corrected chi connectivity index (χ1v) is 24.9. The van der Waals surface area contributed by atoms with E-state index in [9.17, 15) is 0 Å². The second-order valence-corrected chi connectivity index (χ2v) is 20.4. The summed E-state index contributed by atoms with van der Waals surface area (Å²) in [7, 11) is 2.18. The zero-order valence-corrected chi connectivity index (χ0v) is 41.3. The van der Waals surface area contributed by atoms with Crippen LogP contribution >= 0.6 is 46.4 Å². The number of thiophene rings is 3. The van der Waals surface area contributed by atoms with Crippen molar-refractivity contribution >= 4 is 113 Å². The second kappa shape index (κ2) is 22.0. The average Bonchev–Trinajstić information content (AvgIpc) is 3.92. The lowest BCUT2D eigenvalue weighted by atomic mass is 10.2. The van der Waals surface area contributed by atoms with E-state index in [4.69, 9.17) is 15.7 Å². The van der Waals surface area contributed by atoms with Crippen LogP contribution in [-0.4, -0.2) is 118 Å². The van der Waals surface area contributed by atoms with Crippen molar-refractivity contribution in [3.05, 3.63) is 122 Å². The number of fused-ring (bicyclic) bond motifs is 6. The molecule has 17 heteroatoms. The summed E-state index contributed by atoms with van der Waals surface area (Å²) in [5.41, 5.74) is 15.6. The Bertz CT molecular complexity index is 2670. The third kappa shape index (κ3) is 11.3. The average molecular weight is 963 g/mol. The summed E-state index contributed by atoms with van der Waals surface area (Å²) in [6.07, 6.45) is 0. The normalized spacial score (nSPS) is 16.9. The summed E-state index contributed by atoms with van der Waals surface area (Å²) in [4.78, 5) is 25.5. The van der Waals surface area contributed by atoms with E-state index in [1.54, 1.807) is 34.0 Å². The van der Waals surface area contributed by atoms with Crippen LogP contribution in [0.2, 0.25) is 0 Å². The number of benzene rings is 3. The van der Waals surface area contributed by atoms with Crippen LogP contribution in [0.1, 0.15) is 31.3 Å². The minimum absolute atomic E-state index is 0. The first kappa shape index (κ1) is 47.2. The fourth-order valence-electron chi connectivity index (χ4n) is 8.26. The number of rotatable bonds is 0. The molecule has 0 spiro atoms. The molecule has 6 aliphatic heterocycles. The molecule has 0 radical (unpaired) electrons. The maximum Gasteiger partial charge on any atom is 0.139 e. The van der Waals surface area contributed by atoms with Crippen molar-refractivity contribution in [3.8, 4) is 0 Å². The Morgan fingerprint density at radius 1 is 0.470 bits per heavy atom. The summed E-state index contributed by atoms with van der Waals surface area (Å²) >= 11 is 5.31. The van der Waals surface area contributed by atoms with E-state index in [1.807, 2.05) is 30.3 Å². The van der Waals surface area contributed by atoms with Crippen LogP contribution in [0.4, 0.5) is 49.1 Å². The number of likely N-dealkylation sites (N-methyl/N-ethyl adjacent to an activating group) is 1. The van der Waals surface area contributed by atoms with Crippen LogP contribution in [0.5, 0.6) is 0 Å². The first-order valence-electron chi connectivity index (χ1n) is 22.5. The number of nitrogens with one attached hydrogen (secondary N) is 6. The van der Waals surface area contributed by atoms with Gasteiger partial charge in [-0.3, -0.25) is 0 Å². The van der Waals surface area contributed by atoms with Gasteiger partial charge in [-0.05, 0) is 82.4 Å². The Morgan fingerprint density at radius 2 is 0.833 bits per heavy atom. The minimum atomic E-state index is 0. The predicted octanol–water partition coefficient (Wildman–Crippen LogP) is 9.29. The van der Waals surface area contributed by atoms with Gasteiger partial charge in [0.25, 0.3) is 0 Å². The predicted molar refractivity (Wildman–Crippen MR) is 286 cm³/mol. The highest BCUT2D eigenvalue weighted by Gasteiger charge is 2.26. The number of para-hydroxylation sites is 6. The molecule has 9 heterocycles. The van der Waals surface area contributed by atoms with Crippen molar-refractivity contribution in [2.45, 2.75) is 20.8 Å². The molecule has 0 aliphatic carbocycles. The van der Waals surface area contributed by atoms with E-state index in [0.29, 0.717) is 5.84 Å². The number of anilines is 6. The Morgan fingerprint density at radius 3 is 1.27 bits per heavy atom. The van der Waals surface area contributed by atoms with E-state index >= 15 is 0 Å². The molecule has 12 rings (SSSR count). The highest BCUT2D eigenvalue weighted by molar-refractivity contribution is 7.17. The largest absolute Gasteiger partial charge is 0.383 e. The molecular weight excluding hydrogens is 902 g/mol. The molecule has 346 valence electrons. The molecule has 0 unspecified atom stereocenters. The van der Waals surface area contributed by atoms with Gasteiger partial charge in [-0.1, -0.05) is 36.4 Å². The number of aryl methyl sites for hydroxylation is 3. The third-order valence-corrected chi connectivity index (χ3v) is 14.5. The summed E-state index contributed by atoms with van der Waals surface area (Å²) in [5, 5.41) is 23.8. The maximum absolute atomic E-state index is 5.99. The standard InChI is InChI=1S/C17H20N4S.C16H18N4S.C12H11N3S.C4H10N2.ClH/c1-12-11-13-16(21-9-7-20(2)8-10-21)18-14-5-3-4-6-15(14)19-17(13)22-12;1-11-10-12-15(20-8-6-17-7-9-20)18-13-4-2-3-5-14(13)19-16(12)21-11;1-7-6-8-11(13)14-9-4-2-3-5-10(9)15-12(8)16-7;1-2-6-4-3-5-1;/h3-6,11,19H,7-10H2,1-2H3;2-5,10,17,19H,6-9H2,1H3;2-6,15H,1H3,(H2,13,14);5-6H,1-4H2;1H. The van der Waals surface area contributed by atoms with Crippen LogP contribution in [0.15, 0.2) is 106 Å². The fourth-order valence-corrected chi connectivity index (χ4v) is 11.0. The van der Waals surface area contributed by atoms with Crippen molar-refractivity contribution in [2.24, 2.45) is 20.7 Å². The highest BCUT2D eigenvalue weighted by Crippen LogP contribution is 2.41. The van der Waals surface area contributed by atoms with Gasteiger partial charge in [-0.15, -0.1) is 46.4 Å². The van der Waals surface area contributed by atoms with E-state index in [0.717, 1.165) is 135 Å². The molecule has 0 atom stereocenters. The Kier molecular flexibility index (Phi) is 15.7. The number of hydrogen-bond donors (Lipinski definition) is 7. The smallest absolute Gasteiger partial charge is 0.139 e. The quantitative estimate of drug-likeness (QED) is 0.0787. The van der Waals surface area contributed by atoms with Gasteiger partial charge in [0.2, 0.25) is 0 Å². The van der Waals surface area contributed by atoms with E-state index in [2.05, 4.69) is 140 Å². The van der Waals surface area contributed by atoms with Crippen molar-refractivity contribution in [1.82, 2.24) is 30.7 Å². The van der Waals surface area contributed by atoms with Crippen molar-refractivity contribution in [2.75, 3.05) is 102 Å². The Labute approximate surface area is 406 Å². The van der Waals surface area contributed by atoms with Gasteiger partial charge in [0, 0.05) is 93.2 Å².